The maximum absolute atomic E-state index is 12.9. The Balaban J connectivity index is 3.53. The topological polar surface area (TPSA) is 63.6 Å². The van der Waals surface area contributed by atoms with Crippen molar-refractivity contribution in [3.05, 3.63) is 28.8 Å². The van der Waals surface area contributed by atoms with Crippen LogP contribution in [0.25, 0.3) is 0 Å². The van der Waals surface area contributed by atoms with Crippen LogP contribution in [-0.2, 0) is 14.3 Å². The number of rotatable bonds is 8. The van der Waals surface area contributed by atoms with Gasteiger partial charge < -0.3 is 5.11 Å². The smallest absolute Gasteiger partial charge is 0.297 e. The predicted octanol–water partition coefficient (Wildman–Crippen LogP) is 4.53. The average molecular weight is 357 g/mol. The molecule has 0 aromatic heterocycles. The minimum Gasteiger partial charge on any atom is -0.391 e. The molecule has 1 rings (SSSR count). The van der Waals surface area contributed by atoms with E-state index in [0.717, 1.165) is 16.7 Å². The van der Waals surface area contributed by atoms with Gasteiger partial charge in [-0.05, 0) is 40.9 Å². The fraction of sp³-hybridized carbons (Fsp3) is 0.684. The molecule has 1 aromatic carbocycles. The van der Waals surface area contributed by atoms with Gasteiger partial charge in [0.25, 0.3) is 10.1 Å². The normalized spacial score (nSPS) is 14.0. The lowest BCUT2D eigenvalue weighted by Gasteiger charge is -2.22. The molecular weight excluding hydrogens is 324 g/mol. The van der Waals surface area contributed by atoms with E-state index in [4.69, 9.17) is 4.18 Å². The van der Waals surface area contributed by atoms with E-state index in [9.17, 15) is 13.5 Å². The van der Waals surface area contributed by atoms with Crippen molar-refractivity contribution in [2.75, 3.05) is 6.61 Å². The average Bonchev–Trinajstić information content (AvgIpc) is 2.50. The first kappa shape index (κ1) is 21.1. The maximum atomic E-state index is 12.9. The van der Waals surface area contributed by atoms with Gasteiger partial charge in [-0.3, -0.25) is 4.18 Å². The third-order valence-corrected chi connectivity index (χ3v) is 5.63. The predicted molar refractivity (Wildman–Crippen MR) is 98.1 cm³/mol. The molecule has 5 heteroatoms. The summed E-state index contributed by atoms with van der Waals surface area (Å²) in [5.41, 5.74) is 2.71. The molecule has 0 fully saturated rings. The van der Waals surface area contributed by atoms with Crippen LogP contribution >= 0.6 is 0 Å². The Bertz CT molecular complexity index is 616. The Morgan fingerprint density at radius 3 is 1.75 bits per heavy atom. The Labute approximate surface area is 147 Å². The minimum atomic E-state index is -3.92. The Kier molecular flexibility index (Phi) is 7.44. The van der Waals surface area contributed by atoms with Gasteiger partial charge in [-0.15, -0.1) is 0 Å². The van der Waals surface area contributed by atoms with Crippen LogP contribution < -0.4 is 0 Å². The third kappa shape index (κ3) is 5.04. The van der Waals surface area contributed by atoms with E-state index in [0.29, 0.717) is 12.3 Å². The van der Waals surface area contributed by atoms with Gasteiger partial charge in [-0.25, -0.2) is 0 Å². The molecule has 24 heavy (non-hydrogen) atoms. The fourth-order valence-electron chi connectivity index (χ4n) is 2.52. The van der Waals surface area contributed by atoms with E-state index in [1.165, 1.54) is 0 Å². The summed E-state index contributed by atoms with van der Waals surface area (Å²) in [6.45, 7) is 13.7. The molecule has 0 saturated carbocycles. The van der Waals surface area contributed by atoms with Crippen LogP contribution in [0.15, 0.2) is 17.0 Å². The zero-order chi connectivity index (χ0) is 18.7. The second-order valence-corrected chi connectivity index (χ2v) is 8.85. The SMILES string of the molecule is CCC(O)COS(=O)(=O)c1c(C(C)C)cc(C(C)C)cc1C(C)C. The van der Waals surface area contributed by atoms with Crippen molar-refractivity contribution < 1.29 is 17.7 Å². The molecule has 1 aromatic rings. The molecule has 1 atom stereocenters. The number of hydrogen-bond acceptors (Lipinski definition) is 4. The van der Waals surface area contributed by atoms with Crippen molar-refractivity contribution in [3.8, 4) is 0 Å². The highest BCUT2D eigenvalue weighted by atomic mass is 32.2. The largest absolute Gasteiger partial charge is 0.391 e. The van der Waals surface area contributed by atoms with Crippen LogP contribution in [0.1, 0.15) is 89.3 Å². The molecule has 0 radical (unpaired) electrons. The summed E-state index contributed by atoms with van der Waals surface area (Å²) < 4.78 is 30.9. The molecule has 0 heterocycles. The van der Waals surface area contributed by atoms with E-state index in [1.54, 1.807) is 6.92 Å². The van der Waals surface area contributed by atoms with Crippen LogP contribution in [0.3, 0.4) is 0 Å². The number of hydrogen-bond donors (Lipinski definition) is 1. The van der Waals surface area contributed by atoms with E-state index < -0.39 is 16.2 Å². The van der Waals surface area contributed by atoms with Crippen molar-refractivity contribution in [2.45, 2.75) is 83.6 Å². The second-order valence-electron chi connectivity index (χ2n) is 7.29. The summed E-state index contributed by atoms with van der Waals surface area (Å²) in [5, 5.41) is 9.65. The van der Waals surface area contributed by atoms with E-state index in [-0.39, 0.29) is 23.3 Å². The van der Waals surface area contributed by atoms with Gasteiger partial charge in [-0.1, -0.05) is 60.6 Å². The minimum absolute atomic E-state index is 0.0608. The molecule has 0 aliphatic heterocycles. The summed E-state index contributed by atoms with van der Waals surface area (Å²) in [5.74, 6) is 0.441. The molecule has 4 nitrogen and oxygen atoms in total. The Morgan fingerprint density at radius 2 is 1.42 bits per heavy atom. The summed E-state index contributed by atoms with van der Waals surface area (Å²) in [4.78, 5) is 0.278. The van der Waals surface area contributed by atoms with Crippen LogP contribution in [-0.4, -0.2) is 26.2 Å². The van der Waals surface area contributed by atoms with Gasteiger partial charge in [-0.2, -0.15) is 8.42 Å². The standard InChI is InChI=1S/C19H32O4S/c1-8-16(20)11-23-24(21,22)19-17(13(4)5)9-15(12(2)3)10-18(19)14(6)7/h9-10,12-14,16,20H,8,11H2,1-7H3. The van der Waals surface area contributed by atoms with E-state index in [1.807, 2.05) is 39.8 Å². The highest BCUT2D eigenvalue weighted by molar-refractivity contribution is 7.86. The molecule has 0 saturated heterocycles. The van der Waals surface area contributed by atoms with Gasteiger partial charge in [0.2, 0.25) is 0 Å². The number of aliphatic hydroxyl groups is 1. The molecule has 1 unspecified atom stereocenters. The lowest BCUT2D eigenvalue weighted by atomic mass is 9.89. The first-order chi connectivity index (χ1) is 11.0. The molecule has 0 bridgehead atoms. The van der Waals surface area contributed by atoms with Gasteiger partial charge in [0.15, 0.2) is 0 Å². The molecule has 0 amide bonds. The van der Waals surface area contributed by atoms with Crippen LogP contribution in [0.5, 0.6) is 0 Å². The molecule has 0 spiro atoms. The molecule has 138 valence electrons. The summed E-state index contributed by atoms with van der Waals surface area (Å²) in [7, 11) is -3.92. The molecule has 0 aliphatic carbocycles. The molecule has 0 aliphatic rings. The fourth-order valence-corrected chi connectivity index (χ4v) is 4.14. The molecular formula is C19H32O4S. The van der Waals surface area contributed by atoms with Crippen molar-refractivity contribution >= 4 is 10.1 Å². The maximum Gasteiger partial charge on any atom is 0.297 e. The van der Waals surface area contributed by atoms with Gasteiger partial charge in [0, 0.05) is 0 Å². The lowest BCUT2D eigenvalue weighted by molar-refractivity contribution is 0.107. The zero-order valence-electron chi connectivity index (χ0n) is 16.0. The van der Waals surface area contributed by atoms with Crippen molar-refractivity contribution in [1.82, 2.24) is 0 Å². The first-order valence-electron chi connectivity index (χ1n) is 8.76. The summed E-state index contributed by atoms with van der Waals surface area (Å²) in [6.07, 6.45) is -0.324. The highest BCUT2D eigenvalue weighted by Crippen LogP contribution is 2.35. The van der Waals surface area contributed by atoms with Crippen molar-refractivity contribution in [3.63, 3.8) is 0 Å². The van der Waals surface area contributed by atoms with Gasteiger partial charge >= 0.3 is 0 Å². The summed E-state index contributed by atoms with van der Waals surface area (Å²) in [6, 6.07) is 3.96. The number of aliphatic hydroxyl groups excluding tert-OH is 1. The Hall–Kier alpha value is -0.910. The summed E-state index contributed by atoms with van der Waals surface area (Å²) >= 11 is 0. The molecule has 1 N–H and O–H groups in total. The van der Waals surface area contributed by atoms with Crippen LogP contribution in [0.2, 0.25) is 0 Å². The third-order valence-electron chi connectivity index (χ3n) is 4.22. The first-order valence-corrected chi connectivity index (χ1v) is 10.2. The quantitative estimate of drug-likeness (QED) is 0.695. The highest BCUT2D eigenvalue weighted by Gasteiger charge is 2.28. The van der Waals surface area contributed by atoms with Crippen LogP contribution in [0.4, 0.5) is 0 Å². The van der Waals surface area contributed by atoms with E-state index in [2.05, 4.69) is 13.8 Å². The van der Waals surface area contributed by atoms with Gasteiger partial charge in [0.1, 0.15) is 4.90 Å². The van der Waals surface area contributed by atoms with Crippen molar-refractivity contribution in [2.24, 2.45) is 0 Å². The van der Waals surface area contributed by atoms with Crippen molar-refractivity contribution in [1.29, 1.82) is 0 Å². The number of benzene rings is 1. The van der Waals surface area contributed by atoms with Crippen LogP contribution in [0, 0.1) is 0 Å². The monoisotopic (exact) mass is 356 g/mol. The zero-order valence-corrected chi connectivity index (χ0v) is 16.8. The lowest BCUT2D eigenvalue weighted by Crippen LogP contribution is -2.20. The second kappa shape index (κ2) is 8.45. The van der Waals surface area contributed by atoms with Gasteiger partial charge in [0.05, 0.1) is 12.7 Å². The Morgan fingerprint density at radius 1 is 0.958 bits per heavy atom. The van der Waals surface area contributed by atoms with E-state index >= 15 is 0 Å².